The number of rotatable bonds is 5. The Morgan fingerprint density at radius 3 is 2.47 bits per heavy atom. The Labute approximate surface area is 91.1 Å². The van der Waals surface area contributed by atoms with Crippen molar-refractivity contribution < 1.29 is 18.3 Å². The molecule has 0 aromatic rings. The van der Waals surface area contributed by atoms with E-state index in [2.05, 4.69) is 0 Å². The van der Waals surface area contributed by atoms with Crippen LogP contribution in [0.25, 0.3) is 0 Å². The maximum atomic E-state index is 11.6. The van der Waals surface area contributed by atoms with Crippen molar-refractivity contribution in [1.29, 1.82) is 0 Å². The fourth-order valence-corrected chi connectivity index (χ4v) is 3.01. The average molecular weight is 237 g/mol. The number of hydrogen-bond donors (Lipinski definition) is 1. The van der Waals surface area contributed by atoms with Crippen molar-refractivity contribution in [3.05, 3.63) is 0 Å². The van der Waals surface area contributed by atoms with Gasteiger partial charge in [0, 0.05) is 19.7 Å². The molecule has 1 aliphatic heterocycles. The predicted molar refractivity (Wildman–Crippen MR) is 57.1 cm³/mol. The maximum Gasteiger partial charge on any atom is 0.216 e. The first-order valence-electron chi connectivity index (χ1n) is 5.30. The summed E-state index contributed by atoms with van der Waals surface area (Å²) in [6.07, 6.45) is 1.69. The second kappa shape index (κ2) is 5.79. The van der Waals surface area contributed by atoms with Gasteiger partial charge in [0.15, 0.2) is 0 Å². The molecule has 1 rings (SSSR count). The molecule has 0 radical (unpaired) electrons. The summed E-state index contributed by atoms with van der Waals surface area (Å²) in [4.78, 5) is 0. The third-order valence-electron chi connectivity index (χ3n) is 2.55. The van der Waals surface area contributed by atoms with Crippen LogP contribution in [0.5, 0.6) is 0 Å². The number of sulfonamides is 1. The average Bonchev–Trinajstić information content (AvgIpc) is 2.19. The van der Waals surface area contributed by atoms with Crippen molar-refractivity contribution in [3.8, 4) is 0 Å². The Hall–Kier alpha value is -0.170. The van der Waals surface area contributed by atoms with Gasteiger partial charge in [-0.1, -0.05) is 0 Å². The molecule has 0 atom stereocenters. The summed E-state index contributed by atoms with van der Waals surface area (Å²) < 4.78 is 30.0. The molecule has 6 heteroatoms. The summed E-state index contributed by atoms with van der Waals surface area (Å²) in [5, 5.41) is 8.64. The number of hydrogen-bond acceptors (Lipinski definition) is 4. The molecule has 0 aromatic heterocycles. The maximum absolute atomic E-state index is 11.6. The predicted octanol–water partition coefficient (Wildman–Crippen LogP) is -0.191. The van der Waals surface area contributed by atoms with Gasteiger partial charge in [-0.05, 0) is 19.8 Å². The van der Waals surface area contributed by atoms with E-state index in [1.54, 1.807) is 0 Å². The highest BCUT2D eigenvalue weighted by atomic mass is 32.2. The van der Waals surface area contributed by atoms with Crippen LogP contribution in [0.3, 0.4) is 0 Å². The van der Waals surface area contributed by atoms with E-state index in [0.29, 0.717) is 19.7 Å². The summed E-state index contributed by atoms with van der Waals surface area (Å²) in [6, 6.07) is 0. The van der Waals surface area contributed by atoms with Gasteiger partial charge in [-0.25, -0.2) is 12.7 Å². The SMILES string of the molecule is CCOC1CCN(S(=O)(=O)CCO)CC1. The standard InChI is InChI=1S/C9H19NO4S/c1-2-14-9-3-5-10(6-4-9)15(12,13)8-7-11/h9,11H,2-8H2,1H3. The molecule has 1 fully saturated rings. The van der Waals surface area contributed by atoms with Crippen molar-refractivity contribution in [2.45, 2.75) is 25.9 Å². The Bertz CT molecular complexity index is 270. The zero-order chi connectivity index (χ0) is 11.3. The lowest BCUT2D eigenvalue weighted by atomic mass is 10.1. The van der Waals surface area contributed by atoms with Crippen LogP contribution >= 0.6 is 0 Å². The van der Waals surface area contributed by atoms with E-state index >= 15 is 0 Å². The van der Waals surface area contributed by atoms with E-state index in [1.807, 2.05) is 6.92 Å². The number of aliphatic hydroxyl groups is 1. The zero-order valence-corrected chi connectivity index (χ0v) is 9.87. The van der Waals surface area contributed by atoms with Gasteiger partial charge in [-0.3, -0.25) is 0 Å². The quantitative estimate of drug-likeness (QED) is 0.719. The highest BCUT2D eigenvalue weighted by Gasteiger charge is 2.27. The monoisotopic (exact) mass is 237 g/mol. The second-order valence-corrected chi connectivity index (χ2v) is 5.68. The summed E-state index contributed by atoms with van der Waals surface area (Å²) in [5.41, 5.74) is 0. The van der Waals surface area contributed by atoms with E-state index in [4.69, 9.17) is 9.84 Å². The van der Waals surface area contributed by atoms with Crippen LogP contribution in [-0.4, -0.2) is 56.0 Å². The minimum atomic E-state index is -3.24. The van der Waals surface area contributed by atoms with Gasteiger partial charge in [-0.15, -0.1) is 0 Å². The van der Waals surface area contributed by atoms with Crippen molar-refractivity contribution in [2.24, 2.45) is 0 Å². The molecule has 0 aliphatic carbocycles. The largest absolute Gasteiger partial charge is 0.395 e. The molecule has 90 valence electrons. The molecule has 0 bridgehead atoms. The van der Waals surface area contributed by atoms with Crippen molar-refractivity contribution in [1.82, 2.24) is 4.31 Å². The smallest absolute Gasteiger partial charge is 0.216 e. The van der Waals surface area contributed by atoms with Crippen LogP contribution in [0, 0.1) is 0 Å². The van der Waals surface area contributed by atoms with Crippen LogP contribution in [0.2, 0.25) is 0 Å². The summed E-state index contributed by atoms with van der Waals surface area (Å²) in [7, 11) is -3.24. The first-order valence-corrected chi connectivity index (χ1v) is 6.91. The molecular weight excluding hydrogens is 218 g/mol. The van der Waals surface area contributed by atoms with E-state index < -0.39 is 10.0 Å². The van der Waals surface area contributed by atoms with Gasteiger partial charge in [0.05, 0.1) is 18.5 Å². The molecule has 0 spiro atoms. The van der Waals surface area contributed by atoms with E-state index in [-0.39, 0.29) is 18.5 Å². The van der Waals surface area contributed by atoms with Crippen LogP contribution in [0.15, 0.2) is 0 Å². The Morgan fingerprint density at radius 1 is 1.40 bits per heavy atom. The van der Waals surface area contributed by atoms with E-state index in [0.717, 1.165) is 12.8 Å². The molecule has 0 unspecified atom stereocenters. The van der Waals surface area contributed by atoms with Crippen molar-refractivity contribution >= 4 is 10.0 Å². The second-order valence-electron chi connectivity index (χ2n) is 3.59. The van der Waals surface area contributed by atoms with Crippen LogP contribution < -0.4 is 0 Å². The third-order valence-corrected chi connectivity index (χ3v) is 4.40. The van der Waals surface area contributed by atoms with Gasteiger partial charge in [0.2, 0.25) is 10.0 Å². The Balaban J connectivity index is 2.43. The van der Waals surface area contributed by atoms with Crippen LogP contribution in [0.4, 0.5) is 0 Å². The topological polar surface area (TPSA) is 66.8 Å². The van der Waals surface area contributed by atoms with E-state index in [9.17, 15) is 8.42 Å². The number of ether oxygens (including phenoxy) is 1. The van der Waals surface area contributed by atoms with Gasteiger partial charge >= 0.3 is 0 Å². The van der Waals surface area contributed by atoms with Crippen LogP contribution in [-0.2, 0) is 14.8 Å². The van der Waals surface area contributed by atoms with Gasteiger partial charge in [0.25, 0.3) is 0 Å². The fraction of sp³-hybridized carbons (Fsp3) is 1.00. The highest BCUT2D eigenvalue weighted by molar-refractivity contribution is 7.89. The highest BCUT2D eigenvalue weighted by Crippen LogP contribution is 2.16. The molecule has 0 saturated carbocycles. The number of aliphatic hydroxyl groups excluding tert-OH is 1. The lowest BCUT2D eigenvalue weighted by Gasteiger charge is -2.30. The normalized spacial score (nSPS) is 20.7. The first kappa shape index (κ1) is 12.9. The minimum absolute atomic E-state index is 0.174. The van der Waals surface area contributed by atoms with Crippen molar-refractivity contribution in [2.75, 3.05) is 32.1 Å². The zero-order valence-electron chi connectivity index (χ0n) is 9.05. The molecule has 0 aromatic carbocycles. The molecule has 15 heavy (non-hydrogen) atoms. The molecule has 1 N–H and O–H groups in total. The third kappa shape index (κ3) is 3.71. The van der Waals surface area contributed by atoms with Gasteiger partial charge < -0.3 is 9.84 Å². The minimum Gasteiger partial charge on any atom is -0.395 e. The fourth-order valence-electron chi connectivity index (χ4n) is 1.76. The molecule has 1 heterocycles. The van der Waals surface area contributed by atoms with Crippen molar-refractivity contribution in [3.63, 3.8) is 0 Å². The molecule has 0 amide bonds. The van der Waals surface area contributed by atoms with Gasteiger partial charge in [0.1, 0.15) is 0 Å². The number of nitrogens with zero attached hydrogens (tertiary/aromatic N) is 1. The van der Waals surface area contributed by atoms with Crippen LogP contribution in [0.1, 0.15) is 19.8 Å². The molecule has 5 nitrogen and oxygen atoms in total. The summed E-state index contributed by atoms with van der Waals surface area (Å²) in [5.74, 6) is -0.174. The van der Waals surface area contributed by atoms with Gasteiger partial charge in [-0.2, -0.15) is 0 Å². The summed E-state index contributed by atoms with van der Waals surface area (Å²) >= 11 is 0. The first-order chi connectivity index (χ1) is 7.10. The lowest BCUT2D eigenvalue weighted by Crippen LogP contribution is -2.42. The Morgan fingerprint density at radius 2 is 2.00 bits per heavy atom. The molecule has 1 aliphatic rings. The van der Waals surface area contributed by atoms with E-state index in [1.165, 1.54) is 4.31 Å². The molecule has 1 saturated heterocycles. The lowest BCUT2D eigenvalue weighted by molar-refractivity contribution is 0.0289. The summed E-state index contributed by atoms with van der Waals surface area (Å²) in [6.45, 7) is 3.32. The number of piperidine rings is 1. The Kier molecular flexibility index (Phi) is 4.98. The molecular formula is C9H19NO4S.